The first-order valence-corrected chi connectivity index (χ1v) is 23.6. The van der Waals surface area contributed by atoms with E-state index >= 15 is 0 Å². The van der Waals surface area contributed by atoms with Gasteiger partial charge in [-0.2, -0.15) is 0 Å². The van der Waals surface area contributed by atoms with Gasteiger partial charge in [0, 0.05) is 49.6 Å². The predicted molar refractivity (Wildman–Crippen MR) is 290 cm³/mol. The predicted octanol–water partition coefficient (Wildman–Crippen LogP) is 18.5. The van der Waals surface area contributed by atoms with E-state index in [1.165, 1.54) is 44.1 Å². The van der Waals surface area contributed by atoms with Crippen molar-refractivity contribution >= 4 is 60.8 Å². The van der Waals surface area contributed by atoms with Crippen molar-refractivity contribution in [3.05, 3.63) is 267 Å². The number of furan rings is 1. The number of hydrogen-bond acceptors (Lipinski definition) is 2. The Morgan fingerprint density at radius 1 is 0.290 bits per heavy atom. The summed E-state index contributed by atoms with van der Waals surface area (Å²) in [5.41, 5.74) is 19.8. The molecule has 0 unspecified atom stereocenters. The third-order valence-corrected chi connectivity index (χ3v) is 13.7. The van der Waals surface area contributed by atoms with Crippen molar-refractivity contribution in [1.29, 1.82) is 0 Å². The topological polar surface area (TPSA) is 21.3 Å². The van der Waals surface area contributed by atoms with Crippen LogP contribution in [-0.2, 0) is 0 Å². The molecule has 13 rings (SSSR count). The lowest BCUT2D eigenvalue weighted by Gasteiger charge is -2.30. The third kappa shape index (κ3) is 6.91. The molecule has 0 N–H and O–H groups in total. The summed E-state index contributed by atoms with van der Waals surface area (Å²) in [4.78, 5) is 2.44. The molecule has 2 aromatic heterocycles. The Morgan fingerprint density at radius 2 is 0.783 bits per heavy atom. The molecule has 0 aliphatic carbocycles. The van der Waals surface area contributed by atoms with E-state index in [-0.39, 0.29) is 0 Å². The first kappa shape index (κ1) is 40.1. The van der Waals surface area contributed by atoms with Crippen LogP contribution in [0.15, 0.2) is 271 Å². The molecule has 0 atom stereocenters. The molecule has 0 spiro atoms. The number of fused-ring (bicyclic) bond motifs is 6. The molecule has 0 saturated carbocycles. The summed E-state index contributed by atoms with van der Waals surface area (Å²) in [6, 6.07) is 96.1. The molecule has 3 nitrogen and oxygen atoms in total. The van der Waals surface area contributed by atoms with E-state index in [4.69, 9.17) is 4.42 Å². The summed E-state index contributed by atoms with van der Waals surface area (Å²) >= 11 is 0. The Bertz CT molecular complexity index is 4010. The second kappa shape index (κ2) is 16.9. The summed E-state index contributed by atoms with van der Waals surface area (Å²) in [5, 5.41) is 4.69. The average Bonchev–Trinajstić information content (AvgIpc) is 3.98. The largest absolute Gasteiger partial charge is 0.455 e. The Hall–Kier alpha value is -9.18. The lowest BCUT2D eigenvalue weighted by atomic mass is 9.88. The summed E-state index contributed by atoms with van der Waals surface area (Å²) in [7, 11) is 0. The van der Waals surface area contributed by atoms with Gasteiger partial charge in [0.1, 0.15) is 11.2 Å². The highest BCUT2D eigenvalue weighted by molar-refractivity contribution is 6.12. The van der Waals surface area contributed by atoms with E-state index in [1.54, 1.807) is 0 Å². The SMILES string of the molecule is c1ccc(-c2ccccc2-c2ccccc2-c2ccccc2N(c2ccc(-c3ccc4c5ccccc5n(-c5ccccc5)c4c3)cc2)c2ccccc2-c2cccc3c2oc2ccccc23)cc1. The van der Waals surface area contributed by atoms with Crippen molar-refractivity contribution in [3.63, 3.8) is 0 Å². The summed E-state index contributed by atoms with van der Waals surface area (Å²) in [6.45, 7) is 0. The van der Waals surface area contributed by atoms with Crippen LogP contribution < -0.4 is 4.90 Å². The maximum atomic E-state index is 6.72. The highest BCUT2D eigenvalue weighted by Crippen LogP contribution is 2.49. The van der Waals surface area contributed by atoms with Gasteiger partial charge in [-0.1, -0.05) is 212 Å². The average molecular weight is 881 g/mol. The fraction of sp³-hybridized carbons (Fsp3) is 0. The van der Waals surface area contributed by atoms with Crippen LogP contribution in [0.2, 0.25) is 0 Å². The minimum atomic E-state index is 0.876. The van der Waals surface area contributed by atoms with Gasteiger partial charge in [-0.25, -0.2) is 0 Å². The van der Waals surface area contributed by atoms with Gasteiger partial charge >= 0.3 is 0 Å². The van der Waals surface area contributed by atoms with Crippen molar-refractivity contribution < 1.29 is 4.42 Å². The van der Waals surface area contributed by atoms with Crippen molar-refractivity contribution in [2.45, 2.75) is 0 Å². The maximum absolute atomic E-state index is 6.72. The Balaban J connectivity index is 1.00. The lowest BCUT2D eigenvalue weighted by molar-refractivity contribution is 0.670. The van der Waals surface area contributed by atoms with Crippen LogP contribution in [0.4, 0.5) is 17.1 Å². The smallest absolute Gasteiger partial charge is 0.143 e. The Labute approximate surface area is 401 Å². The Morgan fingerprint density at radius 3 is 1.51 bits per heavy atom. The molecule has 0 amide bonds. The van der Waals surface area contributed by atoms with Gasteiger partial charge in [-0.15, -0.1) is 0 Å². The molecule has 0 saturated heterocycles. The van der Waals surface area contributed by atoms with Crippen LogP contribution in [0.1, 0.15) is 0 Å². The molecule has 0 bridgehead atoms. The van der Waals surface area contributed by atoms with Crippen LogP contribution in [0.3, 0.4) is 0 Å². The lowest BCUT2D eigenvalue weighted by Crippen LogP contribution is -2.12. The molecule has 0 fully saturated rings. The van der Waals surface area contributed by atoms with Crippen LogP contribution in [0.5, 0.6) is 0 Å². The van der Waals surface area contributed by atoms with E-state index in [9.17, 15) is 0 Å². The normalized spacial score (nSPS) is 11.5. The fourth-order valence-electron chi connectivity index (χ4n) is 10.5. The Kier molecular flexibility index (Phi) is 9.84. The van der Waals surface area contributed by atoms with Gasteiger partial charge in [0.05, 0.1) is 22.4 Å². The second-order valence-corrected chi connectivity index (χ2v) is 17.6. The molecule has 0 radical (unpaired) electrons. The number of para-hydroxylation sites is 6. The minimum Gasteiger partial charge on any atom is -0.455 e. The molecular weight excluding hydrogens is 837 g/mol. The number of nitrogens with zero attached hydrogens (tertiary/aromatic N) is 2. The van der Waals surface area contributed by atoms with Gasteiger partial charge in [0.25, 0.3) is 0 Å². The van der Waals surface area contributed by atoms with E-state index < -0.39 is 0 Å². The van der Waals surface area contributed by atoms with E-state index in [1.807, 2.05) is 6.07 Å². The zero-order valence-corrected chi connectivity index (χ0v) is 37.7. The van der Waals surface area contributed by atoms with Gasteiger partial charge in [0.15, 0.2) is 0 Å². The van der Waals surface area contributed by atoms with Gasteiger partial charge < -0.3 is 13.9 Å². The van der Waals surface area contributed by atoms with Gasteiger partial charge in [0.2, 0.25) is 0 Å². The summed E-state index contributed by atoms with van der Waals surface area (Å²) in [5.74, 6) is 0. The van der Waals surface area contributed by atoms with E-state index in [0.29, 0.717) is 0 Å². The number of anilines is 3. The fourth-order valence-corrected chi connectivity index (χ4v) is 10.5. The van der Waals surface area contributed by atoms with Gasteiger partial charge in [-0.3, -0.25) is 0 Å². The van der Waals surface area contributed by atoms with Crippen molar-refractivity contribution in [2.75, 3.05) is 4.90 Å². The van der Waals surface area contributed by atoms with Crippen LogP contribution in [0.25, 0.3) is 105 Å². The zero-order chi connectivity index (χ0) is 45.7. The minimum absolute atomic E-state index is 0.876. The van der Waals surface area contributed by atoms with Crippen LogP contribution >= 0.6 is 0 Å². The molecule has 324 valence electrons. The molecule has 0 aliphatic heterocycles. The third-order valence-electron chi connectivity index (χ3n) is 13.7. The molecule has 69 heavy (non-hydrogen) atoms. The standard InChI is InChI=1S/C66H44N2O/c1-3-20-46(21-4-1)50-24-7-8-25-51(50)52-26-9-10-27-53(52)54-28-11-15-34-61(54)67(63-36-17-13-30-56(63)59-32-19-33-60-58-31-14-18-37-65(58)69-66(59)60)49-41-38-45(39-42-49)47-40-43-57-55-29-12-16-35-62(55)68(64(57)44-47)48-22-5-2-6-23-48/h1-44H. The molecule has 0 aliphatic rings. The highest BCUT2D eigenvalue weighted by Gasteiger charge is 2.24. The molecule has 11 aromatic carbocycles. The molecule has 3 heteroatoms. The first-order valence-electron chi connectivity index (χ1n) is 23.6. The zero-order valence-electron chi connectivity index (χ0n) is 37.7. The number of rotatable bonds is 9. The highest BCUT2D eigenvalue weighted by atomic mass is 16.3. The molecule has 2 heterocycles. The van der Waals surface area contributed by atoms with Crippen LogP contribution in [-0.4, -0.2) is 4.57 Å². The summed E-state index contributed by atoms with van der Waals surface area (Å²) in [6.07, 6.45) is 0. The summed E-state index contributed by atoms with van der Waals surface area (Å²) < 4.78 is 9.11. The second-order valence-electron chi connectivity index (χ2n) is 17.6. The van der Waals surface area contributed by atoms with E-state index in [0.717, 1.165) is 78.1 Å². The van der Waals surface area contributed by atoms with Crippen LogP contribution in [0, 0.1) is 0 Å². The molecular formula is C66H44N2O. The van der Waals surface area contributed by atoms with E-state index in [2.05, 4.69) is 270 Å². The first-order chi connectivity index (χ1) is 34.3. The molecule has 13 aromatic rings. The maximum Gasteiger partial charge on any atom is 0.143 e. The number of benzene rings is 11. The monoisotopic (exact) mass is 880 g/mol. The quantitative estimate of drug-likeness (QED) is 0.144. The number of aromatic nitrogens is 1. The van der Waals surface area contributed by atoms with Gasteiger partial charge in [-0.05, 0) is 93.5 Å². The van der Waals surface area contributed by atoms with Crippen molar-refractivity contribution in [1.82, 2.24) is 4.57 Å². The van der Waals surface area contributed by atoms with Crippen molar-refractivity contribution in [3.8, 4) is 61.3 Å². The van der Waals surface area contributed by atoms with Crippen molar-refractivity contribution in [2.24, 2.45) is 0 Å². The number of hydrogen-bond donors (Lipinski definition) is 0.